The van der Waals surface area contributed by atoms with Gasteiger partial charge in [-0.3, -0.25) is 4.79 Å². The van der Waals surface area contributed by atoms with E-state index in [1.54, 1.807) is 14.2 Å². The van der Waals surface area contributed by atoms with E-state index >= 15 is 0 Å². The van der Waals surface area contributed by atoms with Crippen LogP contribution in [0.5, 0.6) is 11.5 Å². The number of nitrogen functional groups attached to an aromatic ring is 1. The van der Waals surface area contributed by atoms with Crippen molar-refractivity contribution in [2.24, 2.45) is 5.92 Å². The van der Waals surface area contributed by atoms with Gasteiger partial charge in [-0.1, -0.05) is 25.1 Å². The lowest BCUT2D eigenvalue weighted by molar-refractivity contribution is 0.0852. The molecule has 1 heterocycles. The minimum Gasteiger partial charge on any atom is -0.493 e. The van der Waals surface area contributed by atoms with Crippen molar-refractivity contribution in [2.75, 3.05) is 20.0 Å². The molecule has 3 rings (SSSR count). The molecule has 2 N–H and O–H groups in total. The van der Waals surface area contributed by atoms with E-state index in [-0.39, 0.29) is 17.8 Å². The predicted octanol–water partition coefficient (Wildman–Crippen LogP) is 3.15. The first kappa shape index (κ1) is 16.8. The molecule has 3 aromatic rings. The number of ether oxygens (including phenoxy) is 2. The highest BCUT2D eigenvalue weighted by Gasteiger charge is 2.21. The quantitative estimate of drug-likeness (QED) is 0.772. The third-order valence-electron chi connectivity index (χ3n) is 4.22. The average molecular weight is 339 g/mol. The molecule has 0 saturated heterocycles. The molecule has 0 aliphatic heterocycles. The highest BCUT2D eigenvalue weighted by molar-refractivity contribution is 5.94. The molecule has 0 aliphatic carbocycles. The third kappa shape index (κ3) is 3.15. The number of nitrogens with zero attached hydrogens (tertiary/aromatic N) is 2. The van der Waals surface area contributed by atoms with E-state index < -0.39 is 0 Å². The molecule has 0 aliphatic rings. The maximum absolute atomic E-state index is 12.9. The third-order valence-corrected chi connectivity index (χ3v) is 4.22. The van der Waals surface area contributed by atoms with E-state index in [0.717, 1.165) is 11.1 Å². The Morgan fingerprint density at radius 1 is 1.16 bits per heavy atom. The molecular weight excluding hydrogens is 318 g/mol. The Morgan fingerprint density at radius 3 is 2.60 bits per heavy atom. The van der Waals surface area contributed by atoms with E-state index in [4.69, 9.17) is 15.2 Å². The van der Waals surface area contributed by atoms with Crippen molar-refractivity contribution in [3.63, 3.8) is 0 Å². The number of anilines is 1. The Bertz CT molecular complexity index is 917. The topological polar surface area (TPSA) is 79.4 Å². The molecule has 0 spiro atoms. The van der Waals surface area contributed by atoms with Crippen LogP contribution in [0.15, 0.2) is 42.5 Å². The predicted molar refractivity (Wildman–Crippen MR) is 97.2 cm³/mol. The number of carbonyl (C=O) groups is 1. The van der Waals surface area contributed by atoms with Crippen molar-refractivity contribution in [1.29, 1.82) is 0 Å². The second-order valence-electron chi connectivity index (χ2n) is 5.93. The van der Waals surface area contributed by atoms with Crippen molar-refractivity contribution in [3.8, 4) is 11.5 Å². The van der Waals surface area contributed by atoms with Gasteiger partial charge in [0.1, 0.15) is 0 Å². The van der Waals surface area contributed by atoms with Crippen LogP contribution in [0.3, 0.4) is 0 Å². The fraction of sp³-hybridized carbons (Fsp3) is 0.263. The molecule has 130 valence electrons. The van der Waals surface area contributed by atoms with Gasteiger partial charge in [0.2, 0.25) is 11.9 Å². The zero-order valence-corrected chi connectivity index (χ0v) is 14.5. The van der Waals surface area contributed by atoms with Gasteiger partial charge in [0, 0.05) is 5.92 Å². The summed E-state index contributed by atoms with van der Waals surface area (Å²) in [4.78, 5) is 17.2. The molecular formula is C19H21N3O3. The van der Waals surface area contributed by atoms with Crippen LogP contribution in [0, 0.1) is 5.92 Å². The molecule has 1 atom stereocenters. The summed E-state index contributed by atoms with van der Waals surface area (Å²) in [5.74, 6) is 1.17. The summed E-state index contributed by atoms with van der Waals surface area (Å²) < 4.78 is 12.1. The number of imidazole rings is 1. The molecule has 6 nitrogen and oxygen atoms in total. The van der Waals surface area contributed by atoms with Crippen LogP contribution in [0.1, 0.15) is 17.3 Å². The van der Waals surface area contributed by atoms with E-state index in [9.17, 15) is 4.79 Å². The smallest absolute Gasteiger partial charge is 0.237 e. The number of para-hydroxylation sites is 2. The van der Waals surface area contributed by atoms with E-state index in [1.165, 1.54) is 4.57 Å². The maximum atomic E-state index is 12.9. The monoisotopic (exact) mass is 339 g/mol. The molecule has 0 amide bonds. The first-order chi connectivity index (χ1) is 12.0. The summed E-state index contributed by atoms with van der Waals surface area (Å²) >= 11 is 0. The fourth-order valence-corrected chi connectivity index (χ4v) is 2.95. The molecule has 1 unspecified atom stereocenters. The van der Waals surface area contributed by atoms with Gasteiger partial charge in [-0.2, -0.15) is 0 Å². The van der Waals surface area contributed by atoms with E-state index in [0.29, 0.717) is 23.4 Å². The Balaban J connectivity index is 1.87. The number of nitrogens with two attached hydrogens (primary N) is 1. The van der Waals surface area contributed by atoms with E-state index in [1.807, 2.05) is 49.4 Å². The molecule has 6 heteroatoms. The molecule has 0 radical (unpaired) electrons. The van der Waals surface area contributed by atoms with Gasteiger partial charge < -0.3 is 15.2 Å². The van der Waals surface area contributed by atoms with Gasteiger partial charge in [-0.05, 0) is 36.2 Å². The number of hydrogen-bond donors (Lipinski definition) is 1. The summed E-state index contributed by atoms with van der Waals surface area (Å²) in [6.45, 7) is 1.88. The zero-order valence-electron chi connectivity index (χ0n) is 14.5. The minimum atomic E-state index is -0.266. The number of hydrogen-bond acceptors (Lipinski definition) is 5. The Hall–Kier alpha value is -3.02. The number of benzene rings is 2. The number of methoxy groups -OCH3 is 2. The Kier molecular flexibility index (Phi) is 4.61. The second kappa shape index (κ2) is 6.84. The van der Waals surface area contributed by atoms with Crippen molar-refractivity contribution >= 4 is 22.9 Å². The van der Waals surface area contributed by atoms with Gasteiger partial charge in [0.15, 0.2) is 11.5 Å². The first-order valence-corrected chi connectivity index (χ1v) is 8.03. The lowest BCUT2D eigenvalue weighted by Gasteiger charge is -2.14. The Morgan fingerprint density at radius 2 is 1.88 bits per heavy atom. The van der Waals surface area contributed by atoms with Crippen LogP contribution >= 0.6 is 0 Å². The first-order valence-electron chi connectivity index (χ1n) is 8.03. The normalized spacial score (nSPS) is 12.1. The van der Waals surface area contributed by atoms with Crippen LogP contribution in [0.4, 0.5) is 5.95 Å². The van der Waals surface area contributed by atoms with Crippen molar-refractivity contribution in [2.45, 2.75) is 13.3 Å². The van der Waals surface area contributed by atoms with Crippen molar-refractivity contribution < 1.29 is 14.3 Å². The minimum absolute atomic E-state index is 0.0824. The average Bonchev–Trinajstić information content (AvgIpc) is 2.96. The highest BCUT2D eigenvalue weighted by atomic mass is 16.5. The lowest BCUT2D eigenvalue weighted by atomic mass is 9.99. The summed E-state index contributed by atoms with van der Waals surface area (Å²) in [5.41, 5.74) is 8.39. The van der Waals surface area contributed by atoms with Crippen molar-refractivity contribution in [1.82, 2.24) is 9.55 Å². The van der Waals surface area contributed by atoms with Crippen LogP contribution in [-0.2, 0) is 6.42 Å². The largest absolute Gasteiger partial charge is 0.493 e. The number of fused-ring (bicyclic) bond motifs is 1. The van der Waals surface area contributed by atoms with Crippen LogP contribution in [0.25, 0.3) is 11.0 Å². The van der Waals surface area contributed by atoms with Crippen LogP contribution in [0.2, 0.25) is 0 Å². The van der Waals surface area contributed by atoms with Crippen LogP contribution < -0.4 is 15.2 Å². The summed E-state index contributed by atoms with van der Waals surface area (Å²) in [7, 11) is 3.19. The molecule has 0 fully saturated rings. The summed E-state index contributed by atoms with van der Waals surface area (Å²) in [6, 6.07) is 13.1. The lowest BCUT2D eigenvalue weighted by Crippen LogP contribution is -2.22. The van der Waals surface area contributed by atoms with E-state index in [2.05, 4.69) is 4.98 Å². The molecule has 2 aromatic carbocycles. The fourth-order valence-electron chi connectivity index (χ4n) is 2.95. The Labute approximate surface area is 146 Å². The second-order valence-corrected chi connectivity index (χ2v) is 5.93. The van der Waals surface area contributed by atoms with Gasteiger partial charge >= 0.3 is 0 Å². The van der Waals surface area contributed by atoms with Gasteiger partial charge in [-0.25, -0.2) is 9.55 Å². The molecule has 1 aromatic heterocycles. The van der Waals surface area contributed by atoms with Gasteiger partial charge in [0.25, 0.3) is 0 Å². The van der Waals surface area contributed by atoms with Crippen molar-refractivity contribution in [3.05, 3.63) is 48.0 Å². The molecule has 25 heavy (non-hydrogen) atoms. The number of rotatable bonds is 5. The van der Waals surface area contributed by atoms with Gasteiger partial charge in [-0.15, -0.1) is 0 Å². The SMILES string of the molecule is COc1ccc(CC(C)C(=O)n2c(N)nc3ccccc32)cc1OC. The van der Waals surface area contributed by atoms with Crippen LogP contribution in [-0.4, -0.2) is 29.7 Å². The molecule has 0 bridgehead atoms. The highest BCUT2D eigenvalue weighted by Crippen LogP contribution is 2.29. The number of carbonyl (C=O) groups excluding carboxylic acids is 1. The summed E-state index contributed by atoms with van der Waals surface area (Å²) in [5, 5.41) is 0. The zero-order chi connectivity index (χ0) is 18.0. The number of aromatic nitrogens is 2. The molecule has 0 saturated carbocycles. The van der Waals surface area contributed by atoms with Gasteiger partial charge in [0.05, 0.1) is 25.3 Å². The maximum Gasteiger partial charge on any atom is 0.237 e. The summed E-state index contributed by atoms with van der Waals surface area (Å²) in [6.07, 6.45) is 0.561. The standard InChI is InChI=1S/C19H21N3O3/c1-12(10-13-8-9-16(24-2)17(11-13)25-3)18(23)22-15-7-5-4-6-14(15)21-19(22)20/h4-9,11-12H,10H2,1-3H3,(H2,20,21).